The van der Waals surface area contributed by atoms with E-state index in [1.54, 1.807) is 0 Å². The summed E-state index contributed by atoms with van der Waals surface area (Å²) in [7, 11) is 0. The number of halogens is 1. The molecule has 1 aliphatic heterocycles. The van der Waals surface area contributed by atoms with Gasteiger partial charge in [0.25, 0.3) is 0 Å². The van der Waals surface area contributed by atoms with Crippen molar-refractivity contribution in [3.8, 4) is 0 Å². The van der Waals surface area contributed by atoms with E-state index in [0.29, 0.717) is 13.0 Å². The summed E-state index contributed by atoms with van der Waals surface area (Å²) < 4.78 is 21.7. The Hall–Kier alpha value is -0.880. The molecular weight excluding hydrogens is 231 g/mol. The third kappa shape index (κ3) is 5.32. The predicted molar refractivity (Wildman–Crippen MR) is 57.5 cm³/mol. The van der Waals surface area contributed by atoms with E-state index in [0.717, 1.165) is 32.1 Å². The third-order valence-electron chi connectivity index (χ3n) is 2.86. The lowest BCUT2D eigenvalue weighted by Gasteiger charge is -2.13. The van der Waals surface area contributed by atoms with Crippen LogP contribution in [-0.2, 0) is 9.47 Å². The first-order valence-electron chi connectivity index (χ1n) is 5.89. The Balaban J connectivity index is 0.000000171. The maximum absolute atomic E-state index is 12.6. The lowest BCUT2D eigenvalue weighted by molar-refractivity contribution is -0.135. The molecule has 0 radical (unpaired) electrons. The maximum Gasteiger partial charge on any atom is 0.506 e. The number of ether oxygens (including phenoxy) is 2. The molecule has 2 N–H and O–H groups in total. The Bertz CT molecular complexity index is 234. The molecule has 17 heavy (non-hydrogen) atoms. The van der Waals surface area contributed by atoms with Gasteiger partial charge < -0.3 is 19.7 Å². The fourth-order valence-electron chi connectivity index (χ4n) is 1.94. The van der Waals surface area contributed by atoms with Crippen LogP contribution in [0.1, 0.15) is 38.5 Å². The van der Waals surface area contributed by atoms with Gasteiger partial charge in [-0.25, -0.2) is 9.18 Å². The minimum absolute atomic E-state index is 0.0116. The molecule has 0 amide bonds. The van der Waals surface area contributed by atoms with Crippen LogP contribution in [0.4, 0.5) is 9.18 Å². The molecular formula is C11H19FO5. The average molecular weight is 250 g/mol. The Morgan fingerprint density at radius 1 is 1.41 bits per heavy atom. The van der Waals surface area contributed by atoms with Crippen molar-refractivity contribution in [1.29, 1.82) is 0 Å². The van der Waals surface area contributed by atoms with Crippen molar-refractivity contribution in [1.82, 2.24) is 0 Å². The van der Waals surface area contributed by atoms with Crippen LogP contribution >= 0.6 is 0 Å². The molecule has 1 heterocycles. The summed E-state index contributed by atoms with van der Waals surface area (Å²) in [4.78, 5) is 9.93. The molecule has 100 valence electrons. The Morgan fingerprint density at radius 2 is 2.06 bits per heavy atom. The van der Waals surface area contributed by atoms with Crippen molar-refractivity contribution in [3.63, 3.8) is 0 Å². The maximum atomic E-state index is 12.6. The summed E-state index contributed by atoms with van der Waals surface area (Å²) in [5.41, 5.74) is 0. The Kier molecular flexibility index (Phi) is 5.64. The second-order valence-corrected chi connectivity index (χ2v) is 4.28. The van der Waals surface area contributed by atoms with E-state index in [9.17, 15) is 9.18 Å². The first-order chi connectivity index (χ1) is 8.06. The summed E-state index contributed by atoms with van der Waals surface area (Å²) in [5.74, 6) is -1.71. The van der Waals surface area contributed by atoms with Crippen LogP contribution in [0.5, 0.6) is 0 Å². The third-order valence-corrected chi connectivity index (χ3v) is 2.86. The molecule has 0 aromatic rings. The largest absolute Gasteiger partial charge is 0.506 e. The normalized spacial score (nSPS) is 28.6. The quantitative estimate of drug-likeness (QED) is 0.734. The molecule has 1 aliphatic carbocycles. The smallest absolute Gasteiger partial charge is 0.450 e. The van der Waals surface area contributed by atoms with E-state index in [4.69, 9.17) is 10.2 Å². The zero-order valence-corrected chi connectivity index (χ0v) is 9.73. The minimum Gasteiger partial charge on any atom is -0.450 e. The van der Waals surface area contributed by atoms with E-state index in [1.807, 2.05) is 0 Å². The molecule has 1 atom stereocenters. The number of carbonyl (C=O) groups is 1. The van der Waals surface area contributed by atoms with Crippen molar-refractivity contribution >= 4 is 6.16 Å². The van der Waals surface area contributed by atoms with Gasteiger partial charge in [-0.05, 0) is 32.1 Å². The fourth-order valence-corrected chi connectivity index (χ4v) is 1.94. The first-order valence-corrected chi connectivity index (χ1v) is 5.89. The lowest BCUT2D eigenvalue weighted by Crippen LogP contribution is -2.25. The van der Waals surface area contributed by atoms with E-state index >= 15 is 0 Å². The SMILES string of the molecule is O=C(O)OC1CCCC1.OCC1(F)CCCO1. The molecule has 2 rings (SSSR count). The highest BCUT2D eigenvalue weighted by atomic mass is 19.2. The standard InChI is InChI=1S/C6H10O3.C5H9FO2/c7-6(8)9-5-3-1-2-4-5;6-5(4-7)2-1-3-8-5/h5H,1-4H2,(H,7,8);7H,1-4H2. The molecule has 0 bridgehead atoms. The van der Waals surface area contributed by atoms with Crippen molar-refractivity contribution < 1.29 is 28.9 Å². The molecule has 0 spiro atoms. The van der Waals surface area contributed by atoms with Gasteiger partial charge in [0.2, 0.25) is 5.85 Å². The van der Waals surface area contributed by atoms with Gasteiger partial charge in [-0.3, -0.25) is 0 Å². The number of hydrogen-bond donors (Lipinski definition) is 2. The second kappa shape index (κ2) is 6.76. The highest BCUT2D eigenvalue weighted by molar-refractivity contribution is 5.57. The second-order valence-electron chi connectivity index (χ2n) is 4.28. The number of aliphatic hydroxyl groups is 1. The molecule has 1 saturated heterocycles. The van der Waals surface area contributed by atoms with Crippen LogP contribution < -0.4 is 0 Å². The van der Waals surface area contributed by atoms with Crippen LogP contribution in [0, 0.1) is 0 Å². The fraction of sp³-hybridized carbons (Fsp3) is 0.909. The lowest BCUT2D eigenvalue weighted by atomic mass is 10.2. The average Bonchev–Trinajstić information content (AvgIpc) is 2.91. The number of aliphatic hydroxyl groups excluding tert-OH is 1. The van der Waals surface area contributed by atoms with E-state index in [-0.39, 0.29) is 6.10 Å². The van der Waals surface area contributed by atoms with Gasteiger partial charge in [-0.1, -0.05) is 0 Å². The number of rotatable bonds is 2. The molecule has 1 saturated carbocycles. The number of carboxylic acid groups (broad SMARTS) is 1. The van der Waals surface area contributed by atoms with Crippen molar-refractivity contribution in [2.45, 2.75) is 50.5 Å². The Labute approximate surface area is 99.5 Å². The van der Waals surface area contributed by atoms with Crippen molar-refractivity contribution in [2.24, 2.45) is 0 Å². The van der Waals surface area contributed by atoms with Gasteiger partial charge >= 0.3 is 6.16 Å². The highest BCUT2D eigenvalue weighted by Crippen LogP contribution is 2.25. The van der Waals surface area contributed by atoms with E-state index < -0.39 is 18.6 Å². The number of hydrogen-bond acceptors (Lipinski definition) is 4. The molecule has 0 aromatic carbocycles. The summed E-state index contributed by atoms with van der Waals surface area (Å²) in [5, 5.41) is 16.5. The van der Waals surface area contributed by atoms with Gasteiger partial charge in [0.1, 0.15) is 12.7 Å². The molecule has 1 unspecified atom stereocenters. The first kappa shape index (κ1) is 14.2. The molecule has 0 aromatic heterocycles. The Morgan fingerprint density at radius 3 is 2.41 bits per heavy atom. The zero-order chi connectivity index (χ0) is 12.7. The van der Waals surface area contributed by atoms with Crippen LogP contribution in [0.2, 0.25) is 0 Å². The highest BCUT2D eigenvalue weighted by Gasteiger charge is 2.33. The van der Waals surface area contributed by atoms with Crippen LogP contribution in [-0.4, -0.2) is 41.5 Å². The van der Waals surface area contributed by atoms with Crippen LogP contribution in [0.25, 0.3) is 0 Å². The molecule has 5 nitrogen and oxygen atoms in total. The monoisotopic (exact) mass is 250 g/mol. The van der Waals surface area contributed by atoms with E-state index in [1.165, 1.54) is 0 Å². The van der Waals surface area contributed by atoms with Crippen LogP contribution in [0.3, 0.4) is 0 Å². The van der Waals surface area contributed by atoms with Crippen molar-refractivity contribution in [3.05, 3.63) is 0 Å². The van der Waals surface area contributed by atoms with Gasteiger partial charge in [-0.2, -0.15) is 0 Å². The van der Waals surface area contributed by atoms with Gasteiger partial charge in [0.05, 0.1) is 6.61 Å². The van der Waals surface area contributed by atoms with Crippen LogP contribution in [0.15, 0.2) is 0 Å². The summed E-state index contributed by atoms with van der Waals surface area (Å²) in [6.07, 6.45) is 3.94. The van der Waals surface area contributed by atoms with Gasteiger partial charge in [-0.15, -0.1) is 0 Å². The zero-order valence-electron chi connectivity index (χ0n) is 9.73. The van der Waals surface area contributed by atoms with E-state index in [2.05, 4.69) is 9.47 Å². The molecule has 2 fully saturated rings. The topological polar surface area (TPSA) is 76.0 Å². The van der Waals surface area contributed by atoms with Crippen molar-refractivity contribution in [2.75, 3.05) is 13.2 Å². The van der Waals surface area contributed by atoms with Gasteiger partial charge in [0, 0.05) is 6.42 Å². The van der Waals surface area contributed by atoms with Gasteiger partial charge in [0.15, 0.2) is 0 Å². The summed E-state index contributed by atoms with van der Waals surface area (Å²) in [6.45, 7) is -0.0654. The predicted octanol–water partition coefficient (Wildman–Crippen LogP) is 2.08. The summed E-state index contributed by atoms with van der Waals surface area (Å²) in [6, 6.07) is 0. The summed E-state index contributed by atoms with van der Waals surface area (Å²) >= 11 is 0. The molecule has 2 aliphatic rings. The minimum atomic E-state index is -1.71. The molecule has 6 heteroatoms. The number of alkyl halides is 1.